The molecule has 1 aromatic rings. The molecule has 0 amide bonds. The fourth-order valence-electron chi connectivity index (χ4n) is 0.774. The third kappa shape index (κ3) is 1.58. The summed E-state index contributed by atoms with van der Waals surface area (Å²) >= 11 is 1.41. The van der Waals surface area contributed by atoms with Crippen molar-refractivity contribution in [3.8, 4) is 0 Å². The van der Waals surface area contributed by atoms with Gasteiger partial charge in [0.05, 0.1) is 5.88 Å². The molecule has 0 aliphatic heterocycles. The van der Waals surface area contributed by atoms with E-state index in [-0.39, 0.29) is 5.56 Å². The molecule has 0 aliphatic rings. The lowest BCUT2D eigenvalue weighted by Crippen LogP contribution is -2.36. The van der Waals surface area contributed by atoms with Gasteiger partial charge in [-0.2, -0.15) is 5.10 Å². The van der Waals surface area contributed by atoms with E-state index in [4.69, 9.17) is 0 Å². The van der Waals surface area contributed by atoms with Gasteiger partial charge in [-0.1, -0.05) is 0 Å². The van der Waals surface area contributed by atoms with E-state index in [0.29, 0.717) is 11.6 Å². The molecular weight excluding hydrogens is 178 g/mol. The molecule has 0 spiro atoms. The summed E-state index contributed by atoms with van der Waals surface area (Å²) in [4.78, 5) is 22.3. The van der Waals surface area contributed by atoms with Crippen LogP contribution >= 0.6 is 11.8 Å². The summed E-state index contributed by atoms with van der Waals surface area (Å²) in [5, 5.41) is 5.78. The monoisotopic (exact) mass is 187 g/mol. The van der Waals surface area contributed by atoms with Crippen LogP contribution in [0.1, 0.15) is 5.69 Å². The van der Waals surface area contributed by atoms with Gasteiger partial charge in [0.1, 0.15) is 5.69 Å². The van der Waals surface area contributed by atoms with Crippen LogP contribution in [-0.4, -0.2) is 21.0 Å². The Balaban J connectivity index is 3.34. The van der Waals surface area contributed by atoms with E-state index < -0.39 is 5.69 Å². The molecule has 12 heavy (non-hydrogen) atoms. The maximum Gasteiger partial charge on any atom is 0.345 e. The number of hydrogen-bond acceptors (Lipinski definition) is 4. The van der Waals surface area contributed by atoms with Crippen molar-refractivity contribution < 1.29 is 0 Å². The van der Waals surface area contributed by atoms with E-state index in [0.717, 1.165) is 4.57 Å². The minimum absolute atomic E-state index is 0.309. The summed E-state index contributed by atoms with van der Waals surface area (Å²) in [6.45, 7) is 1.56. The molecule has 0 radical (unpaired) electrons. The normalized spacial score (nSPS) is 10.2. The highest BCUT2D eigenvalue weighted by Crippen LogP contribution is 1.91. The molecule has 1 rings (SSSR count). The minimum atomic E-state index is -0.458. The third-order valence-electron chi connectivity index (χ3n) is 1.38. The van der Waals surface area contributed by atoms with Crippen LogP contribution in [0.25, 0.3) is 0 Å². The van der Waals surface area contributed by atoms with Gasteiger partial charge < -0.3 is 0 Å². The fraction of sp³-hybridized carbons (Fsp3) is 0.500. The van der Waals surface area contributed by atoms with E-state index in [9.17, 15) is 9.59 Å². The van der Waals surface area contributed by atoms with Crippen LogP contribution in [-0.2, 0) is 5.88 Å². The summed E-state index contributed by atoms with van der Waals surface area (Å²) in [5.41, 5.74) is -0.475. The van der Waals surface area contributed by atoms with Gasteiger partial charge in [0.15, 0.2) is 0 Å². The smallest absolute Gasteiger partial charge is 0.267 e. The summed E-state index contributed by atoms with van der Waals surface area (Å²) in [5.74, 6) is 0.359. The molecule has 0 atom stereocenters. The van der Waals surface area contributed by atoms with Crippen molar-refractivity contribution in [2.75, 3.05) is 6.26 Å². The second-order valence-corrected chi connectivity index (χ2v) is 3.10. The highest BCUT2D eigenvalue weighted by molar-refractivity contribution is 7.97. The maximum atomic E-state index is 11.2. The van der Waals surface area contributed by atoms with Gasteiger partial charge in [0.25, 0.3) is 5.56 Å². The predicted molar refractivity (Wildman–Crippen MR) is 47.4 cm³/mol. The average Bonchev–Trinajstić information content (AvgIpc) is 2.06. The van der Waals surface area contributed by atoms with Crippen LogP contribution in [0.3, 0.4) is 0 Å². The number of aromatic nitrogens is 3. The van der Waals surface area contributed by atoms with E-state index in [2.05, 4.69) is 10.2 Å². The molecule has 66 valence electrons. The SMILES string of the molecule is CSCn1c(=O)[nH]nc(C)c1=O. The Morgan fingerprint density at radius 2 is 2.25 bits per heavy atom. The Morgan fingerprint density at radius 3 is 2.83 bits per heavy atom. The van der Waals surface area contributed by atoms with Crippen molar-refractivity contribution in [1.29, 1.82) is 0 Å². The molecule has 5 nitrogen and oxygen atoms in total. The Hall–Kier alpha value is -1.04. The highest BCUT2D eigenvalue weighted by Gasteiger charge is 2.02. The van der Waals surface area contributed by atoms with Crippen LogP contribution in [0.4, 0.5) is 0 Å². The van der Waals surface area contributed by atoms with E-state index in [1.807, 2.05) is 6.26 Å². The molecule has 0 aliphatic carbocycles. The van der Waals surface area contributed by atoms with E-state index in [1.54, 1.807) is 6.92 Å². The van der Waals surface area contributed by atoms with Crippen molar-refractivity contribution in [2.45, 2.75) is 12.8 Å². The molecule has 1 heterocycles. The molecule has 0 fully saturated rings. The fourth-order valence-corrected chi connectivity index (χ4v) is 1.27. The van der Waals surface area contributed by atoms with Gasteiger partial charge in [-0.05, 0) is 13.2 Å². The Bertz CT molecular complexity index is 381. The van der Waals surface area contributed by atoms with Crippen molar-refractivity contribution in [2.24, 2.45) is 0 Å². The number of aromatic amines is 1. The van der Waals surface area contributed by atoms with Crippen molar-refractivity contribution in [3.63, 3.8) is 0 Å². The Morgan fingerprint density at radius 1 is 1.58 bits per heavy atom. The summed E-state index contributed by atoms with van der Waals surface area (Å²) in [7, 11) is 0. The van der Waals surface area contributed by atoms with Crippen molar-refractivity contribution in [1.82, 2.24) is 14.8 Å². The number of nitrogens with one attached hydrogen (secondary N) is 1. The second-order valence-electron chi connectivity index (χ2n) is 2.27. The number of hydrogen-bond donors (Lipinski definition) is 1. The minimum Gasteiger partial charge on any atom is -0.267 e. The van der Waals surface area contributed by atoms with Crippen LogP contribution in [0.2, 0.25) is 0 Å². The first-order chi connectivity index (χ1) is 5.66. The number of aryl methyl sites for hydroxylation is 1. The maximum absolute atomic E-state index is 11.2. The van der Waals surface area contributed by atoms with Crippen molar-refractivity contribution in [3.05, 3.63) is 26.5 Å². The topological polar surface area (TPSA) is 67.8 Å². The first-order valence-corrected chi connectivity index (χ1v) is 4.71. The summed E-state index contributed by atoms with van der Waals surface area (Å²) in [6.07, 6.45) is 1.82. The standard InChI is InChI=1S/C6H9N3O2S/c1-4-5(10)9(3-12-2)6(11)8-7-4/h3H2,1-2H3,(H,8,11). The molecule has 0 unspecified atom stereocenters. The lowest BCUT2D eigenvalue weighted by molar-refractivity contribution is 0.699. The van der Waals surface area contributed by atoms with Crippen LogP contribution in [0.15, 0.2) is 9.59 Å². The van der Waals surface area contributed by atoms with Gasteiger partial charge in [0, 0.05) is 0 Å². The molecular formula is C6H9N3O2S. The van der Waals surface area contributed by atoms with E-state index >= 15 is 0 Å². The zero-order valence-electron chi connectivity index (χ0n) is 6.83. The van der Waals surface area contributed by atoms with Gasteiger partial charge in [-0.3, -0.25) is 4.79 Å². The zero-order chi connectivity index (χ0) is 9.14. The molecule has 1 aromatic heterocycles. The van der Waals surface area contributed by atoms with Crippen LogP contribution in [0, 0.1) is 6.92 Å². The van der Waals surface area contributed by atoms with Gasteiger partial charge >= 0.3 is 5.69 Å². The molecule has 0 bridgehead atoms. The quantitative estimate of drug-likeness (QED) is 0.681. The molecule has 0 saturated carbocycles. The second kappa shape index (κ2) is 3.57. The lowest BCUT2D eigenvalue weighted by Gasteiger charge is -2.00. The van der Waals surface area contributed by atoms with Gasteiger partial charge in [-0.25, -0.2) is 14.5 Å². The van der Waals surface area contributed by atoms with Gasteiger partial charge in [0.2, 0.25) is 0 Å². The van der Waals surface area contributed by atoms with Gasteiger partial charge in [-0.15, -0.1) is 11.8 Å². The largest absolute Gasteiger partial charge is 0.345 e. The first kappa shape index (κ1) is 9.05. The molecule has 6 heteroatoms. The highest BCUT2D eigenvalue weighted by atomic mass is 32.2. The molecule has 0 saturated heterocycles. The van der Waals surface area contributed by atoms with Crippen molar-refractivity contribution >= 4 is 11.8 Å². The van der Waals surface area contributed by atoms with E-state index in [1.165, 1.54) is 11.8 Å². The number of rotatable bonds is 2. The zero-order valence-corrected chi connectivity index (χ0v) is 7.64. The summed E-state index contributed by atoms with van der Waals surface area (Å²) in [6, 6.07) is 0. The third-order valence-corrected chi connectivity index (χ3v) is 1.89. The number of nitrogens with zero attached hydrogens (tertiary/aromatic N) is 2. The molecule has 0 aromatic carbocycles. The van der Waals surface area contributed by atoms with Crippen LogP contribution in [0.5, 0.6) is 0 Å². The molecule has 1 N–H and O–H groups in total. The predicted octanol–water partition coefficient (Wildman–Crippen LogP) is -0.439. The van der Waals surface area contributed by atoms with Crippen LogP contribution < -0.4 is 11.2 Å². The summed E-state index contributed by atoms with van der Waals surface area (Å²) < 4.78 is 1.12. The first-order valence-electron chi connectivity index (χ1n) is 3.32. The average molecular weight is 187 g/mol. The Kier molecular flexibility index (Phi) is 2.69. The number of thioether (sulfide) groups is 1. The lowest BCUT2D eigenvalue weighted by atomic mass is 10.5. The Labute approximate surface area is 72.8 Å². The number of H-pyrrole nitrogens is 1.